The molecule has 1 rings (SSSR count). The van der Waals surface area contributed by atoms with Crippen LogP contribution >= 0.6 is 11.6 Å². The van der Waals surface area contributed by atoms with Crippen LogP contribution in [-0.2, 0) is 16.0 Å². The molecule has 0 radical (unpaired) electrons. The molecule has 0 unspecified atom stereocenters. The van der Waals surface area contributed by atoms with Crippen LogP contribution in [0.25, 0.3) is 0 Å². The minimum absolute atomic E-state index is 0.0905. The quantitative estimate of drug-likeness (QED) is 0.837. The Labute approximate surface area is 115 Å². The Kier molecular flexibility index (Phi) is 4.93. The lowest BCUT2D eigenvalue weighted by molar-refractivity contribution is -0.175. The molecule has 9 heteroatoms. The molecule has 4 nitrogen and oxygen atoms in total. The minimum atomic E-state index is -5.22. The molecule has 1 aromatic carbocycles. The van der Waals surface area contributed by atoms with Crippen molar-refractivity contribution in [1.82, 2.24) is 5.32 Å². The number of nitrogens with one attached hydrogen (secondary N) is 1. The van der Waals surface area contributed by atoms with E-state index in [1.54, 1.807) is 0 Å². The molecular weight excluding hydrogens is 306 g/mol. The van der Waals surface area contributed by atoms with Crippen molar-refractivity contribution in [1.29, 1.82) is 0 Å². The van der Waals surface area contributed by atoms with E-state index in [-0.39, 0.29) is 10.6 Å². The lowest BCUT2D eigenvalue weighted by Crippen LogP contribution is -2.48. The summed E-state index contributed by atoms with van der Waals surface area (Å²) in [6.07, 6.45) is -5.88. The number of halogens is 5. The second-order valence-electron chi connectivity index (χ2n) is 3.80. The Balaban J connectivity index is 2.91. The molecule has 0 spiro atoms. The van der Waals surface area contributed by atoms with Gasteiger partial charge in [-0.05, 0) is 23.8 Å². The number of carbonyl (C=O) groups excluding carboxylic acids is 1. The van der Waals surface area contributed by atoms with E-state index in [0.717, 1.165) is 12.1 Å². The number of amides is 1. The number of aliphatic carboxylic acids is 1. The maximum atomic E-state index is 13.4. The van der Waals surface area contributed by atoms with Crippen LogP contribution in [0.5, 0.6) is 0 Å². The lowest BCUT2D eigenvalue weighted by Gasteiger charge is -2.16. The van der Waals surface area contributed by atoms with Crippen LogP contribution in [0, 0.1) is 5.82 Å². The smallest absolute Gasteiger partial charge is 0.471 e. The molecule has 0 bridgehead atoms. The molecule has 0 aliphatic carbocycles. The first-order valence-electron chi connectivity index (χ1n) is 5.15. The molecule has 1 amide bonds. The standard InChI is InChI=1S/C11H8ClF4NO3/c12-6-1-2-7(13)5(3-6)4-8(9(18)19)17-10(20)11(14,15)16/h1-3,8H,4H2,(H,17,20)(H,18,19)/t8-/m0/s1. The van der Waals surface area contributed by atoms with Gasteiger partial charge in [0, 0.05) is 11.4 Å². The van der Waals surface area contributed by atoms with E-state index in [2.05, 4.69) is 0 Å². The van der Waals surface area contributed by atoms with Gasteiger partial charge in [-0.3, -0.25) is 4.79 Å². The van der Waals surface area contributed by atoms with Gasteiger partial charge in [0.2, 0.25) is 0 Å². The third-order valence-electron chi connectivity index (χ3n) is 2.29. The van der Waals surface area contributed by atoms with E-state index in [0.29, 0.717) is 0 Å². The average molecular weight is 314 g/mol. The van der Waals surface area contributed by atoms with Crippen LogP contribution in [0.15, 0.2) is 18.2 Å². The zero-order valence-electron chi connectivity index (χ0n) is 9.67. The summed E-state index contributed by atoms with van der Waals surface area (Å²) in [5.41, 5.74) is -0.215. The van der Waals surface area contributed by atoms with Gasteiger partial charge in [-0.25, -0.2) is 9.18 Å². The average Bonchev–Trinajstić information content (AvgIpc) is 2.31. The second-order valence-corrected chi connectivity index (χ2v) is 4.24. The number of hydrogen-bond donors (Lipinski definition) is 2. The zero-order chi connectivity index (χ0) is 15.5. The molecule has 0 aliphatic rings. The molecule has 20 heavy (non-hydrogen) atoms. The van der Waals surface area contributed by atoms with E-state index in [1.807, 2.05) is 0 Å². The molecule has 0 aliphatic heterocycles. The van der Waals surface area contributed by atoms with E-state index < -0.39 is 36.3 Å². The number of carboxylic acid groups (broad SMARTS) is 1. The van der Waals surface area contributed by atoms with Gasteiger partial charge in [-0.2, -0.15) is 13.2 Å². The van der Waals surface area contributed by atoms with Crippen LogP contribution < -0.4 is 5.32 Å². The monoisotopic (exact) mass is 313 g/mol. The summed E-state index contributed by atoms with van der Waals surface area (Å²) in [5, 5.41) is 10.1. The minimum Gasteiger partial charge on any atom is -0.480 e. The molecule has 0 saturated heterocycles. The molecular formula is C11H8ClF4NO3. The van der Waals surface area contributed by atoms with E-state index in [4.69, 9.17) is 16.7 Å². The van der Waals surface area contributed by atoms with Crippen molar-refractivity contribution < 1.29 is 32.3 Å². The van der Waals surface area contributed by atoms with Gasteiger partial charge >= 0.3 is 18.1 Å². The Bertz CT molecular complexity index is 533. The SMILES string of the molecule is O=C(O)[C@H](Cc1cc(Cl)ccc1F)NC(=O)C(F)(F)F. The van der Waals surface area contributed by atoms with Crippen molar-refractivity contribution >= 4 is 23.5 Å². The predicted octanol–water partition coefficient (Wildman–Crippen LogP) is 2.15. The Morgan fingerprint density at radius 1 is 1.35 bits per heavy atom. The molecule has 0 heterocycles. The molecule has 110 valence electrons. The van der Waals surface area contributed by atoms with Gasteiger partial charge in [0.15, 0.2) is 0 Å². The maximum Gasteiger partial charge on any atom is 0.471 e. The molecule has 0 saturated carbocycles. The number of benzene rings is 1. The molecule has 1 atom stereocenters. The molecule has 1 aromatic rings. The van der Waals surface area contributed by atoms with Crippen molar-refractivity contribution in [3.63, 3.8) is 0 Å². The summed E-state index contributed by atoms with van der Waals surface area (Å²) in [6, 6.07) is 1.30. The number of alkyl halides is 3. The number of rotatable bonds is 4. The highest BCUT2D eigenvalue weighted by Gasteiger charge is 2.40. The van der Waals surface area contributed by atoms with E-state index in [9.17, 15) is 27.2 Å². The maximum absolute atomic E-state index is 13.4. The number of carbonyl (C=O) groups is 2. The fraction of sp³-hybridized carbons (Fsp3) is 0.273. The van der Waals surface area contributed by atoms with Crippen LogP contribution in [-0.4, -0.2) is 29.2 Å². The van der Waals surface area contributed by atoms with Crippen molar-refractivity contribution in [2.45, 2.75) is 18.6 Å². The van der Waals surface area contributed by atoms with E-state index >= 15 is 0 Å². The van der Waals surface area contributed by atoms with Crippen LogP contribution in [0.2, 0.25) is 5.02 Å². The number of hydrogen-bond acceptors (Lipinski definition) is 2. The summed E-state index contributed by atoms with van der Waals surface area (Å²) in [4.78, 5) is 21.5. The zero-order valence-corrected chi connectivity index (χ0v) is 10.4. The first-order chi connectivity index (χ1) is 9.11. The number of carboxylic acids is 1. The predicted molar refractivity (Wildman–Crippen MR) is 60.7 cm³/mol. The Morgan fingerprint density at radius 2 is 1.95 bits per heavy atom. The highest BCUT2D eigenvalue weighted by atomic mass is 35.5. The Morgan fingerprint density at radius 3 is 2.45 bits per heavy atom. The first kappa shape index (κ1) is 16.2. The van der Waals surface area contributed by atoms with Gasteiger partial charge in [-0.15, -0.1) is 0 Å². The lowest BCUT2D eigenvalue weighted by atomic mass is 10.1. The van der Waals surface area contributed by atoms with Crippen LogP contribution in [0.1, 0.15) is 5.56 Å². The largest absolute Gasteiger partial charge is 0.480 e. The van der Waals surface area contributed by atoms with Gasteiger partial charge in [0.1, 0.15) is 11.9 Å². The van der Waals surface area contributed by atoms with Crippen molar-refractivity contribution in [2.75, 3.05) is 0 Å². The second kappa shape index (κ2) is 6.08. The fourth-order valence-electron chi connectivity index (χ4n) is 1.36. The van der Waals surface area contributed by atoms with Crippen molar-refractivity contribution in [3.05, 3.63) is 34.6 Å². The first-order valence-corrected chi connectivity index (χ1v) is 5.53. The molecule has 2 N–H and O–H groups in total. The summed E-state index contributed by atoms with van der Waals surface area (Å²) >= 11 is 5.58. The molecule has 0 fully saturated rings. The van der Waals surface area contributed by atoms with Crippen molar-refractivity contribution in [2.24, 2.45) is 0 Å². The van der Waals surface area contributed by atoms with Gasteiger partial charge in [0.05, 0.1) is 0 Å². The summed E-state index contributed by atoms with van der Waals surface area (Å²) < 4.78 is 49.5. The highest BCUT2D eigenvalue weighted by molar-refractivity contribution is 6.30. The van der Waals surface area contributed by atoms with Crippen molar-refractivity contribution in [3.8, 4) is 0 Å². The summed E-state index contributed by atoms with van der Waals surface area (Å²) in [6.45, 7) is 0. The highest BCUT2D eigenvalue weighted by Crippen LogP contribution is 2.18. The van der Waals surface area contributed by atoms with Gasteiger partial charge in [0.25, 0.3) is 0 Å². The summed E-state index contributed by atoms with van der Waals surface area (Å²) in [7, 11) is 0. The van der Waals surface area contributed by atoms with Gasteiger partial charge in [-0.1, -0.05) is 11.6 Å². The van der Waals surface area contributed by atoms with Crippen LogP contribution in [0.3, 0.4) is 0 Å². The van der Waals surface area contributed by atoms with Crippen LogP contribution in [0.4, 0.5) is 17.6 Å². The third kappa shape index (κ3) is 4.37. The Hall–Kier alpha value is -1.83. The molecule has 0 aromatic heterocycles. The third-order valence-corrected chi connectivity index (χ3v) is 2.53. The topological polar surface area (TPSA) is 66.4 Å². The fourth-order valence-corrected chi connectivity index (χ4v) is 1.55. The van der Waals surface area contributed by atoms with E-state index in [1.165, 1.54) is 11.4 Å². The normalized spacial score (nSPS) is 12.8. The summed E-state index contributed by atoms with van der Waals surface area (Å²) in [5.74, 6) is -4.96. The van der Waals surface area contributed by atoms with Gasteiger partial charge < -0.3 is 10.4 Å².